The Labute approximate surface area is 170 Å². The summed E-state index contributed by atoms with van der Waals surface area (Å²) >= 11 is 0. The number of nitrogens with one attached hydrogen (secondary N) is 2. The predicted octanol–water partition coefficient (Wildman–Crippen LogP) is 1.83. The number of carbonyl (C=O) groups is 3. The Morgan fingerprint density at radius 1 is 1.28 bits per heavy atom. The number of amides is 4. The lowest BCUT2D eigenvalue weighted by atomic mass is 9.77. The number of rotatable bonds is 8. The van der Waals surface area contributed by atoms with E-state index in [9.17, 15) is 14.4 Å². The molecule has 1 aromatic rings. The van der Waals surface area contributed by atoms with Crippen molar-refractivity contribution in [3.8, 4) is 5.75 Å². The maximum Gasteiger partial charge on any atom is 0.325 e. The second kappa shape index (κ2) is 9.26. The molecule has 0 radical (unpaired) electrons. The molecule has 1 aliphatic heterocycles. The number of urea groups is 1. The highest BCUT2D eigenvalue weighted by atomic mass is 16.5. The summed E-state index contributed by atoms with van der Waals surface area (Å²) in [6, 6.07) is 6.90. The fourth-order valence-corrected chi connectivity index (χ4v) is 3.80. The minimum Gasteiger partial charge on any atom is -0.491 e. The molecule has 8 nitrogen and oxygen atoms in total. The van der Waals surface area contributed by atoms with Gasteiger partial charge in [0, 0.05) is 13.7 Å². The van der Waals surface area contributed by atoms with Crippen LogP contribution in [0.25, 0.3) is 0 Å². The van der Waals surface area contributed by atoms with Crippen LogP contribution in [0.5, 0.6) is 5.75 Å². The van der Waals surface area contributed by atoms with Crippen molar-refractivity contribution in [1.82, 2.24) is 15.5 Å². The fraction of sp³-hybridized carbons (Fsp3) is 0.571. The molecule has 1 spiro atoms. The van der Waals surface area contributed by atoms with E-state index < -0.39 is 11.6 Å². The zero-order chi connectivity index (χ0) is 20.9. The normalized spacial score (nSPS) is 23.9. The molecule has 4 amide bonds. The average Bonchev–Trinajstić information content (AvgIpc) is 2.93. The third-order valence-electron chi connectivity index (χ3n) is 5.62. The Morgan fingerprint density at radius 3 is 2.76 bits per heavy atom. The van der Waals surface area contributed by atoms with E-state index in [-0.39, 0.29) is 24.9 Å². The smallest absolute Gasteiger partial charge is 0.325 e. The van der Waals surface area contributed by atoms with E-state index in [1.54, 1.807) is 7.11 Å². The summed E-state index contributed by atoms with van der Waals surface area (Å²) in [4.78, 5) is 38.5. The minimum absolute atomic E-state index is 0.272. The summed E-state index contributed by atoms with van der Waals surface area (Å²) in [6.07, 6.45) is 3.06. The molecule has 0 atom stereocenters. The molecule has 29 heavy (non-hydrogen) atoms. The standard InChI is InChI=1S/C21H29N3O5/c1-15-6-8-21(9-7-15)19(26)24(20(27)23-21)14-18(25)22-13-16-4-3-5-17(12-16)29-11-10-28-2/h3-5,12,15H,6-11,13-14H2,1-2H3,(H,22,25)(H,23,27). The molecule has 1 aromatic carbocycles. The number of nitrogens with zero attached hydrogens (tertiary/aromatic N) is 1. The molecule has 1 heterocycles. The SMILES string of the molecule is COCCOc1cccc(CNC(=O)CN2C(=O)NC3(CCC(C)CC3)C2=O)c1. The lowest BCUT2D eigenvalue weighted by molar-refractivity contribution is -0.136. The summed E-state index contributed by atoms with van der Waals surface area (Å²) in [5.74, 6) is 0.590. The van der Waals surface area contributed by atoms with E-state index in [0.717, 1.165) is 23.3 Å². The van der Waals surface area contributed by atoms with Crippen molar-refractivity contribution in [2.75, 3.05) is 26.9 Å². The first-order valence-electron chi connectivity index (χ1n) is 10.0. The van der Waals surface area contributed by atoms with Gasteiger partial charge in [-0.05, 0) is 49.3 Å². The Kier molecular flexibility index (Phi) is 6.74. The van der Waals surface area contributed by atoms with Crippen LogP contribution in [0.1, 0.15) is 38.2 Å². The molecule has 1 aliphatic carbocycles. The Morgan fingerprint density at radius 2 is 2.03 bits per heavy atom. The van der Waals surface area contributed by atoms with Crippen molar-refractivity contribution in [2.24, 2.45) is 5.92 Å². The molecule has 3 rings (SSSR count). The van der Waals surface area contributed by atoms with Crippen LogP contribution in [-0.2, 0) is 20.9 Å². The van der Waals surface area contributed by atoms with Crippen LogP contribution in [-0.4, -0.2) is 55.2 Å². The third kappa shape index (κ3) is 5.06. The van der Waals surface area contributed by atoms with Gasteiger partial charge in [0.2, 0.25) is 5.91 Å². The number of benzene rings is 1. The number of ether oxygens (including phenoxy) is 2. The Bertz CT molecular complexity index is 758. The van der Waals surface area contributed by atoms with Crippen LogP contribution in [0.2, 0.25) is 0 Å². The van der Waals surface area contributed by atoms with Crippen LogP contribution >= 0.6 is 0 Å². The quantitative estimate of drug-likeness (QED) is 0.510. The van der Waals surface area contributed by atoms with Gasteiger partial charge >= 0.3 is 6.03 Å². The van der Waals surface area contributed by atoms with Crippen LogP contribution in [0.4, 0.5) is 4.79 Å². The van der Waals surface area contributed by atoms with E-state index in [1.807, 2.05) is 24.3 Å². The van der Waals surface area contributed by atoms with Gasteiger partial charge in [-0.15, -0.1) is 0 Å². The first kappa shape index (κ1) is 21.1. The lowest BCUT2D eigenvalue weighted by Crippen LogP contribution is -2.49. The van der Waals surface area contributed by atoms with E-state index >= 15 is 0 Å². The summed E-state index contributed by atoms with van der Waals surface area (Å²) in [6.45, 7) is 3.10. The molecule has 1 saturated heterocycles. The van der Waals surface area contributed by atoms with E-state index in [0.29, 0.717) is 37.7 Å². The molecule has 8 heteroatoms. The fourth-order valence-electron chi connectivity index (χ4n) is 3.80. The summed E-state index contributed by atoms with van der Waals surface area (Å²) < 4.78 is 10.5. The van der Waals surface area contributed by atoms with Crippen LogP contribution < -0.4 is 15.4 Å². The van der Waals surface area contributed by atoms with Crippen molar-refractivity contribution in [3.63, 3.8) is 0 Å². The highest BCUT2D eigenvalue weighted by Crippen LogP contribution is 2.36. The highest BCUT2D eigenvalue weighted by molar-refractivity contribution is 6.09. The van der Waals surface area contributed by atoms with Gasteiger partial charge in [0.05, 0.1) is 6.61 Å². The molecule has 0 bridgehead atoms. The molecule has 0 aromatic heterocycles. The van der Waals surface area contributed by atoms with Crippen LogP contribution in [0.3, 0.4) is 0 Å². The van der Waals surface area contributed by atoms with E-state index in [1.165, 1.54) is 0 Å². The molecule has 1 saturated carbocycles. The molecule has 2 aliphatic rings. The third-order valence-corrected chi connectivity index (χ3v) is 5.62. The number of hydrogen-bond acceptors (Lipinski definition) is 5. The number of carbonyl (C=O) groups excluding carboxylic acids is 3. The van der Waals surface area contributed by atoms with Crippen molar-refractivity contribution in [3.05, 3.63) is 29.8 Å². The van der Waals surface area contributed by atoms with Crippen molar-refractivity contribution in [2.45, 2.75) is 44.7 Å². The highest BCUT2D eigenvalue weighted by Gasteiger charge is 2.52. The van der Waals surface area contributed by atoms with E-state index in [4.69, 9.17) is 9.47 Å². The first-order valence-corrected chi connectivity index (χ1v) is 10.0. The number of imide groups is 1. The number of hydrogen-bond donors (Lipinski definition) is 2. The zero-order valence-electron chi connectivity index (χ0n) is 17.0. The van der Waals surface area contributed by atoms with Crippen molar-refractivity contribution < 1.29 is 23.9 Å². The van der Waals surface area contributed by atoms with Crippen LogP contribution in [0.15, 0.2) is 24.3 Å². The van der Waals surface area contributed by atoms with Gasteiger partial charge in [0.15, 0.2) is 0 Å². The van der Waals surface area contributed by atoms with Gasteiger partial charge in [-0.3, -0.25) is 14.5 Å². The molecule has 2 fully saturated rings. The summed E-state index contributed by atoms with van der Waals surface area (Å²) in [7, 11) is 1.61. The molecule has 2 N–H and O–H groups in total. The monoisotopic (exact) mass is 403 g/mol. The molecular weight excluding hydrogens is 374 g/mol. The number of methoxy groups -OCH3 is 1. The zero-order valence-corrected chi connectivity index (χ0v) is 17.0. The first-order chi connectivity index (χ1) is 13.9. The Balaban J connectivity index is 1.51. The van der Waals surface area contributed by atoms with E-state index in [2.05, 4.69) is 17.6 Å². The van der Waals surface area contributed by atoms with Gasteiger partial charge in [-0.1, -0.05) is 19.1 Å². The topological polar surface area (TPSA) is 97.0 Å². The summed E-state index contributed by atoms with van der Waals surface area (Å²) in [5, 5.41) is 5.60. The average molecular weight is 403 g/mol. The lowest BCUT2D eigenvalue weighted by Gasteiger charge is -2.33. The minimum atomic E-state index is -0.822. The molecule has 0 unspecified atom stereocenters. The summed E-state index contributed by atoms with van der Waals surface area (Å²) in [5.41, 5.74) is 0.0424. The van der Waals surface area contributed by atoms with Crippen molar-refractivity contribution >= 4 is 17.8 Å². The van der Waals surface area contributed by atoms with Crippen LogP contribution in [0, 0.1) is 5.92 Å². The van der Waals surface area contributed by atoms with Gasteiger partial charge in [0.1, 0.15) is 24.4 Å². The van der Waals surface area contributed by atoms with Gasteiger partial charge in [-0.2, -0.15) is 0 Å². The maximum atomic E-state index is 12.8. The van der Waals surface area contributed by atoms with Crippen molar-refractivity contribution in [1.29, 1.82) is 0 Å². The van der Waals surface area contributed by atoms with Gasteiger partial charge in [0.25, 0.3) is 5.91 Å². The largest absolute Gasteiger partial charge is 0.491 e. The Hall–Kier alpha value is -2.61. The van der Waals surface area contributed by atoms with Gasteiger partial charge < -0.3 is 20.1 Å². The maximum absolute atomic E-state index is 12.8. The van der Waals surface area contributed by atoms with Gasteiger partial charge in [-0.25, -0.2) is 4.79 Å². The second-order valence-corrected chi connectivity index (χ2v) is 7.85. The second-order valence-electron chi connectivity index (χ2n) is 7.85. The molecular formula is C21H29N3O5. The predicted molar refractivity (Wildman–Crippen MR) is 106 cm³/mol. The molecule has 158 valence electrons.